The third-order valence-electron chi connectivity index (χ3n) is 1.78. The van der Waals surface area contributed by atoms with E-state index in [1.54, 1.807) is 22.6 Å². The van der Waals surface area contributed by atoms with Crippen LogP contribution in [0.3, 0.4) is 0 Å². The van der Waals surface area contributed by atoms with Gasteiger partial charge in [-0.2, -0.15) is 0 Å². The molecule has 1 aromatic rings. The molecule has 0 aliphatic heterocycles. The van der Waals surface area contributed by atoms with Gasteiger partial charge in [0.15, 0.2) is 0 Å². The molecule has 0 radical (unpaired) electrons. The summed E-state index contributed by atoms with van der Waals surface area (Å²) in [7, 11) is 2.65. The van der Waals surface area contributed by atoms with Crippen molar-refractivity contribution in [2.24, 2.45) is 0 Å². The van der Waals surface area contributed by atoms with Gasteiger partial charge in [-0.25, -0.2) is 13.8 Å². The number of hydrogen-bond acceptors (Lipinski definition) is 2. The van der Waals surface area contributed by atoms with Crippen LogP contribution in [0.1, 0.15) is 10.4 Å². The fourth-order valence-electron chi connectivity index (χ4n) is 0.964. The maximum absolute atomic E-state index is 13.1. The lowest BCUT2D eigenvalue weighted by atomic mass is 10.2. The summed E-state index contributed by atoms with van der Waals surface area (Å²) in [6.45, 7) is 0. The third-order valence-corrected chi connectivity index (χ3v) is 2.88. The van der Waals surface area contributed by atoms with Gasteiger partial charge in [0, 0.05) is 13.1 Å². The molecule has 0 N–H and O–H groups in total. The van der Waals surface area contributed by atoms with Crippen LogP contribution in [0.4, 0.5) is 8.78 Å². The van der Waals surface area contributed by atoms with Crippen LogP contribution in [0.15, 0.2) is 12.1 Å². The van der Waals surface area contributed by atoms with Crippen LogP contribution in [-0.2, 0) is 4.84 Å². The average molecular weight is 327 g/mol. The number of carbonyl (C=O) groups is 1. The monoisotopic (exact) mass is 327 g/mol. The van der Waals surface area contributed by atoms with Crippen molar-refractivity contribution >= 4 is 28.5 Å². The highest BCUT2D eigenvalue weighted by atomic mass is 127. The molecular weight excluding hydrogens is 319 g/mol. The van der Waals surface area contributed by atoms with Crippen molar-refractivity contribution in [1.29, 1.82) is 0 Å². The van der Waals surface area contributed by atoms with E-state index in [0.717, 1.165) is 17.2 Å². The molecule has 0 saturated carbocycles. The number of benzene rings is 1. The van der Waals surface area contributed by atoms with E-state index in [0.29, 0.717) is 0 Å². The Morgan fingerprint density at radius 1 is 1.47 bits per heavy atom. The second-order valence-electron chi connectivity index (χ2n) is 2.73. The van der Waals surface area contributed by atoms with Crippen molar-refractivity contribution in [2.45, 2.75) is 0 Å². The van der Waals surface area contributed by atoms with Gasteiger partial charge in [0.25, 0.3) is 5.91 Å². The minimum atomic E-state index is -0.791. The molecule has 82 valence electrons. The predicted octanol–water partition coefficient (Wildman–Crippen LogP) is 2.20. The van der Waals surface area contributed by atoms with Crippen molar-refractivity contribution in [3.8, 4) is 0 Å². The molecule has 1 amide bonds. The number of nitrogens with zero attached hydrogens (tertiary/aromatic N) is 1. The molecule has 0 saturated heterocycles. The Labute approximate surface area is 99.1 Å². The zero-order valence-corrected chi connectivity index (χ0v) is 10.2. The Morgan fingerprint density at radius 3 is 2.60 bits per heavy atom. The van der Waals surface area contributed by atoms with E-state index in [1.807, 2.05) is 0 Å². The maximum Gasteiger partial charge on any atom is 0.278 e. The second-order valence-corrected chi connectivity index (χ2v) is 3.81. The van der Waals surface area contributed by atoms with Crippen LogP contribution in [0.25, 0.3) is 0 Å². The van der Waals surface area contributed by atoms with Gasteiger partial charge in [-0.15, -0.1) is 0 Å². The van der Waals surface area contributed by atoms with Crippen LogP contribution in [0.5, 0.6) is 0 Å². The highest BCUT2D eigenvalue weighted by Gasteiger charge is 2.18. The summed E-state index contributed by atoms with van der Waals surface area (Å²) in [5, 5.41) is 0.899. The topological polar surface area (TPSA) is 29.5 Å². The van der Waals surface area contributed by atoms with Crippen LogP contribution in [-0.4, -0.2) is 25.1 Å². The first kappa shape index (κ1) is 12.3. The Kier molecular flexibility index (Phi) is 3.97. The van der Waals surface area contributed by atoms with E-state index in [4.69, 9.17) is 0 Å². The van der Waals surface area contributed by atoms with Gasteiger partial charge < -0.3 is 0 Å². The number of halogens is 3. The minimum Gasteiger partial charge on any atom is -0.274 e. The Hall–Kier alpha value is -0.760. The zero-order valence-electron chi connectivity index (χ0n) is 8.05. The van der Waals surface area contributed by atoms with Crippen molar-refractivity contribution in [1.82, 2.24) is 5.06 Å². The first-order valence-corrected chi connectivity index (χ1v) is 5.02. The highest BCUT2D eigenvalue weighted by molar-refractivity contribution is 14.1. The van der Waals surface area contributed by atoms with E-state index < -0.39 is 17.5 Å². The van der Waals surface area contributed by atoms with Gasteiger partial charge in [-0.3, -0.25) is 9.63 Å². The average Bonchev–Trinajstić information content (AvgIpc) is 2.21. The van der Waals surface area contributed by atoms with Gasteiger partial charge in [0.2, 0.25) is 0 Å². The first-order valence-electron chi connectivity index (χ1n) is 3.94. The molecule has 0 heterocycles. The molecule has 1 rings (SSSR count). The van der Waals surface area contributed by atoms with Crippen molar-refractivity contribution in [2.75, 3.05) is 14.2 Å². The summed E-state index contributed by atoms with van der Waals surface area (Å²) in [6, 6.07) is 1.70. The fraction of sp³-hybridized carbons (Fsp3) is 0.222. The Balaban J connectivity index is 3.19. The predicted molar refractivity (Wildman–Crippen MR) is 58.2 cm³/mol. The molecule has 0 unspecified atom stereocenters. The molecule has 15 heavy (non-hydrogen) atoms. The summed E-state index contributed by atoms with van der Waals surface area (Å²) in [4.78, 5) is 16.2. The maximum atomic E-state index is 13.1. The lowest BCUT2D eigenvalue weighted by molar-refractivity contribution is -0.0758. The van der Waals surface area contributed by atoms with Crippen LogP contribution >= 0.6 is 22.6 Å². The number of amides is 1. The van der Waals surface area contributed by atoms with Crippen molar-refractivity contribution < 1.29 is 18.4 Å². The Bertz CT molecular complexity index is 398. The summed E-state index contributed by atoms with van der Waals surface area (Å²) in [6.07, 6.45) is 0. The summed E-state index contributed by atoms with van der Waals surface area (Å²) < 4.78 is 26.1. The number of hydroxylamine groups is 2. The molecular formula is C9H8F2INO2. The molecule has 0 aliphatic carbocycles. The molecule has 6 heteroatoms. The molecule has 0 atom stereocenters. The van der Waals surface area contributed by atoms with Gasteiger partial charge >= 0.3 is 0 Å². The number of carbonyl (C=O) groups excluding carboxylic acids is 1. The molecule has 1 aromatic carbocycles. The van der Waals surface area contributed by atoms with Crippen LogP contribution in [0, 0.1) is 15.2 Å². The van der Waals surface area contributed by atoms with E-state index in [-0.39, 0.29) is 9.13 Å². The van der Waals surface area contributed by atoms with E-state index in [2.05, 4.69) is 4.84 Å². The Morgan fingerprint density at radius 2 is 2.07 bits per heavy atom. The fourth-order valence-corrected chi connectivity index (χ4v) is 1.51. The van der Waals surface area contributed by atoms with Crippen molar-refractivity contribution in [3.63, 3.8) is 0 Å². The quantitative estimate of drug-likeness (QED) is 0.474. The molecule has 0 fully saturated rings. The molecule has 3 nitrogen and oxygen atoms in total. The van der Waals surface area contributed by atoms with E-state index in [1.165, 1.54) is 14.2 Å². The van der Waals surface area contributed by atoms with Crippen molar-refractivity contribution in [3.05, 3.63) is 32.9 Å². The number of hydrogen-bond donors (Lipinski definition) is 0. The SMILES string of the molecule is CON(C)C(=O)c1cc(F)cc(F)c1I. The van der Waals surface area contributed by atoms with Crippen LogP contribution in [0.2, 0.25) is 0 Å². The van der Waals surface area contributed by atoms with E-state index >= 15 is 0 Å². The lowest BCUT2D eigenvalue weighted by Gasteiger charge is -2.14. The zero-order chi connectivity index (χ0) is 11.6. The highest BCUT2D eigenvalue weighted by Crippen LogP contribution is 2.19. The smallest absolute Gasteiger partial charge is 0.274 e. The minimum absolute atomic E-state index is 0.0579. The molecule has 0 spiro atoms. The standard InChI is InChI=1S/C9H8F2INO2/c1-13(15-2)9(14)6-3-5(10)4-7(11)8(6)12/h3-4H,1-2H3. The first-order chi connectivity index (χ1) is 6.97. The second kappa shape index (κ2) is 4.84. The van der Waals surface area contributed by atoms with Crippen LogP contribution < -0.4 is 0 Å². The molecule has 0 aromatic heterocycles. The summed E-state index contributed by atoms with van der Waals surface area (Å²) >= 11 is 1.64. The summed E-state index contributed by atoms with van der Waals surface area (Å²) in [5.41, 5.74) is -0.0579. The van der Waals surface area contributed by atoms with Gasteiger partial charge in [0.05, 0.1) is 16.2 Å². The van der Waals surface area contributed by atoms with Gasteiger partial charge in [-0.1, -0.05) is 0 Å². The molecule has 0 bridgehead atoms. The lowest BCUT2D eigenvalue weighted by Crippen LogP contribution is -2.26. The van der Waals surface area contributed by atoms with E-state index in [9.17, 15) is 13.6 Å². The normalized spacial score (nSPS) is 10.2. The number of rotatable bonds is 2. The largest absolute Gasteiger partial charge is 0.278 e. The summed E-state index contributed by atoms with van der Waals surface area (Å²) in [5.74, 6) is -2.15. The third kappa shape index (κ3) is 2.63. The van der Waals surface area contributed by atoms with Gasteiger partial charge in [-0.05, 0) is 28.7 Å². The van der Waals surface area contributed by atoms with Gasteiger partial charge in [0.1, 0.15) is 11.6 Å². The molecule has 0 aliphatic rings.